The van der Waals surface area contributed by atoms with Crippen molar-refractivity contribution in [2.24, 2.45) is 5.73 Å². The lowest BCUT2D eigenvalue weighted by molar-refractivity contribution is 0.414. The number of nitrogens with two attached hydrogens (primary N) is 1. The van der Waals surface area contributed by atoms with Crippen LogP contribution in [0.2, 0.25) is 0 Å². The van der Waals surface area contributed by atoms with Crippen molar-refractivity contribution in [2.75, 3.05) is 0 Å². The molecule has 1 aliphatic carbocycles. The Hall–Kier alpha value is -1.33. The zero-order valence-electron chi connectivity index (χ0n) is 9.24. The maximum Gasteiger partial charge on any atom is 0.276 e. The van der Waals surface area contributed by atoms with E-state index < -0.39 is 0 Å². The molecule has 5 heteroatoms. The van der Waals surface area contributed by atoms with Crippen LogP contribution in [0.4, 0.5) is 0 Å². The highest BCUT2D eigenvalue weighted by molar-refractivity contribution is 8.00. The van der Waals surface area contributed by atoms with E-state index in [1.807, 2.05) is 6.07 Å². The molecule has 0 spiro atoms. The van der Waals surface area contributed by atoms with E-state index >= 15 is 0 Å². The van der Waals surface area contributed by atoms with Crippen molar-refractivity contribution in [3.63, 3.8) is 0 Å². The van der Waals surface area contributed by atoms with Gasteiger partial charge in [0.25, 0.3) is 5.22 Å². The molecule has 88 valence electrons. The smallest absolute Gasteiger partial charge is 0.276 e. The van der Waals surface area contributed by atoms with Crippen molar-refractivity contribution < 1.29 is 4.42 Å². The molecule has 0 bridgehead atoms. The van der Waals surface area contributed by atoms with Gasteiger partial charge in [-0.15, -0.1) is 10.2 Å². The van der Waals surface area contributed by atoms with Gasteiger partial charge in [-0.25, -0.2) is 0 Å². The number of hydrogen-bond acceptors (Lipinski definition) is 5. The fourth-order valence-electron chi connectivity index (χ4n) is 1.85. The number of thioether (sulfide) groups is 1. The minimum atomic E-state index is 0.306. The molecule has 1 heterocycles. The second-order valence-electron chi connectivity index (χ2n) is 4.08. The van der Waals surface area contributed by atoms with Gasteiger partial charge in [0.05, 0.1) is 6.54 Å². The second-order valence-corrected chi connectivity index (χ2v) is 5.27. The first-order valence-electron chi connectivity index (χ1n) is 5.61. The fraction of sp³-hybridized carbons (Fsp3) is 0.333. The molecule has 0 aliphatic heterocycles. The summed E-state index contributed by atoms with van der Waals surface area (Å²) in [5.74, 6) is 1.12. The van der Waals surface area contributed by atoms with Gasteiger partial charge in [-0.1, -0.05) is 42.1 Å². The van der Waals surface area contributed by atoms with E-state index in [-0.39, 0.29) is 0 Å². The standard InChI is InChI=1S/C12H13N3OS/c13-7-11-14-15-12(16-11)17-10-6-9(10)8-4-2-1-3-5-8/h1-5,9-10H,6-7,13H2. The van der Waals surface area contributed by atoms with Crippen molar-refractivity contribution in [1.82, 2.24) is 10.2 Å². The van der Waals surface area contributed by atoms with Crippen molar-refractivity contribution in [3.05, 3.63) is 41.8 Å². The van der Waals surface area contributed by atoms with Crippen LogP contribution in [0.15, 0.2) is 40.0 Å². The molecule has 1 aliphatic rings. The Morgan fingerprint density at radius 1 is 1.29 bits per heavy atom. The lowest BCUT2D eigenvalue weighted by Crippen LogP contribution is -1.95. The Kier molecular flexibility index (Phi) is 2.86. The van der Waals surface area contributed by atoms with E-state index in [9.17, 15) is 0 Å². The van der Waals surface area contributed by atoms with Crippen LogP contribution in [0.25, 0.3) is 0 Å². The molecule has 2 unspecified atom stereocenters. The zero-order valence-corrected chi connectivity index (χ0v) is 10.1. The van der Waals surface area contributed by atoms with Crippen LogP contribution in [-0.4, -0.2) is 15.4 Å². The highest BCUT2D eigenvalue weighted by Crippen LogP contribution is 2.51. The lowest BCUT2D eigenvalue weighted by Gasteiger charge is -1.97. The van der Waals surface area contributed by atoms with Crippen molar-refractivity contribution >= 4 is 11.8 Å². The molecule has 2 aromatic rings. The van der Waals surface area contributed by atoms with Gasteiger partial charge in [0, 0.05) is 5.25 Å². The van der Waals surface area contributed by atoms with Crippen LogP contribution in [0.1, 0.15) is 23.8 Å². The first kappa shape index (κ1) is 10.8. The third kappa shape index (κ3) is 2.35. The summed E-state index contributed by atoms with van der Waals surface area (Å²) in [6.07, 6.45) is 1.18. The van der Waals surface area contributed by atoms with Crippen LogP contribution < -0.4 is 5.73 Å². The molecule has 1 saturated carbocycles. The van der Waals surface area contributed by atoms with Gasteiger partial charge >= 0.3 is 0 Å². The van der Waals surface area contributed by atoms with E-state index in [0.29, 0.717) is 28.8 Å². The van der Waals surface area contributed by atoms with Gasteiger partial charge in [0.2, 0.25) is 5.89 Å². The third-order valence-corrected chi connectivity index (χ3v) is 4.03. The molecule has 0 amide bonds. The van der Waals surface area contributed by atoms with E-state index in [1.54, 1.807) is 11.8 Å². The first-order valence-corrected chi connectivity index (χ1v) is 6.49. The van der Waals surface area contributed by atoms with Gasteiger partial charge in [0.15, 0.2) is 0 Å². The molecular formula is C12H13N3OS. The molecule has 17 heavy (non-hydrogen) atoms. The first-order chi connectivity index (χ1) is 8.36. The highest BCUT2D eigenvalue weighted by Gasteiger charge is 2.40. The summed E-state index contributed by atoms with van der Waals surface area (Å²) in [6.45, 7) is 0.306. The average Bonchev–Trinajstić information content (AvgIpc) is 2.98. The van der Waals surface area contributed by atoms with Crippen LogP contribution in [0.5, 0.6) is 0 Å². The summed E-state index contributed by atoms with van der Waals surface area (Å²) >= 11 is 1.65. The Morgan fingerprint density at radius 2 is 2.12 bits per heavy atom. The largest absolute Gasteiger partial charge is 0.415 e. The SMILES string of the molecule is NCc1nnc(SC2CC2c2ccccc2)o1. The van der Waals surface area contributed by atoms with Gasteiger partial charge in [0.1, 0.15) is 0 Å². The predicted octanol–water partition coefficient (Wildman–Crippen LogP) is 2.18. The molecule has 3 rings (SSSR count). The van der Waals surface area contributed by atoms with Crippen LogP contribution >= 0.6 is 11.8 Å². The summed E-state index contributed by atoms with van der Waals surface area (Å²) in [5.41, 5.74) is 6.81. The summed E-state index contributed by atoms with van der Waals surface area (Å²) in [7, 11) is 0. The van der Waals surface area contributed by atoms with E-state index in [2.05, 4.69) is 34.5 Å². The topological polar surface area (TPSA) is 64.9 Å². The van der Waals surface area contributed by atoms with E-state index in [1.165, 1.54) is 12.0 Å². The zero-order chi connectivity index (χ0) is 11.7. The maximum absolute atomic E-state index is 5.42. The minimum absolute atomic E-state index is 0.306. The van der Waals surface area contributed by atoms with Crippen molar-refractivity contribution in [2.45, 2.75) is 29.4 Å². The van der Waals surface area contributed by atoms with Gasteiger partial charge in [-0.05, 0) is 17.9 Å². The van der Waals surface area contributed by atoms with Crippen LogP contribution in [0, 0.1) is 0 Å². The summed E-state index contributed by atoms with van der Waals surface area (Å²) in [6, 6.07) is 10.5. The van der Waals surface area contributed by atoms with E-state index in [0.717, 1.165) is 0 Å². The normalized spacial score (nSPS) is 22.6. The third-order valence-electron chi connectivity index (χ3n) is 2.83. The monoisotopic (exact) mass is 247 g/mol. The number of aromatic nitrogens is 2. The van der Waals surface area contributed by atoms with Crippen LogP contribution in [-0.2, 0) is 6.54 Å². The number of hydrogen-bond donors (Lipinski definition) is 1. The number of rotatable bonds is 4. The lowest BCUT2D eigenvalue weighted by atomic mass is 10.1. The van der Waals surface area contributed by atoms with Crippen molar-refractivity contribution in [1.29, 1.82) is 0 Å². The Morgan fingerprint density at radius 3 is 2.82 bits per heavy atom. The van der Waals surface area contributed by atoms with E-state index in [4.69, 9.17) is 10.2 Å². The summed E-state index contributed by atoms with van der Waals surface area (Å²) in [5, 5.41) is 9.00. The number of benzene rings is 1. The summed E-state index contributed by atoms with van der Waals surface area (Å²) < 4.78 is 5.38. The Balaban J connectivity index is 1.62. The molecule has 1 fully saturated rings. The molecule has 0 saturated heterocycles. The fourth-order valence-corrected chi connectivity index (χ4v) is 2.97. The summed E-state index contributed by atoms with van der Waals surface area (Å²) in [4.78, 5) is 0. The molecule has 2 atom stereocenters. The Bertz CT molecular complexity index is 499. The Labute approximate surface area is 104 Å². The minimum Gasteiger partial charge on any atom is -0.415 e. The molecule has 2 N–H and O–H groups in total. The maximum atomic E-state index is 5.42. The molecular weight excluding hydrogens is 234 g/mol. The molecule has 0 radical (unpaired) electrons. The number of nitrogens with zero attached hydrogens (tertiary/aromatic N) is 2. The molecule has 4 nitrogen and oxygen atoms in total. The van der Waals surface area contributed by atoms with Crippen molar-refractivity contribution in [3.8, 4) is 0 Å². The molecule has 1 aromatic carbocycles. The van der Waals surface area contributed by atoms with Crippen LogP contribution in [0.3, 0.4) is 0 Å². The predicted molar refractivity (Wildman–Crippen MR) is 65.6 cm³/mol. The quantitative estimate of drug-likeness (QED) is 0.897. The van der Waals surface area contributed by atoms with Gasteiger partial charge in [-0.2, -0.15) is 0 Å². The molecule has 1 aromatic heterocycles. The van der Waals surface area contributed by atoms with Gasteiger partial charge in [-0.3, -0.25) is 0 Å². The highest BCUT2D eigenvalue weighted by atomic mass is 32.2. The second kappa shape index (κ2) is 4.50. The average molecular weight is 247 g/mol. The van der Waals surface area contributed by atoms with Gasteiger partial charge < -0.3 is 10.2 Å².